The Kier molecular flexibility index (Phi) is 3.05. The van der Waals surface area contributed by atoms with Gasteiger partial charge in [0.2, 0.25) is 0 Å². The van der Waals surface area contributed by atoms with Gasteiger partial charge in [0.25, 0.3) is 0 Å². The number of para-hydroxylation sites is 1. The van der Waals surface area contributed by atoms with Gasteiger partial charge in [0.05, 0.1) is 0 Å². The van der Waals surface area contributed by atoms with Crippen LogP contribution in [-0.4, -0.2) is 5.54 Å². The molecule has 1 aromatic carbocycles. The summed E-state index contributed by atoms with van der Waals surface area (Å²) in [5.41, 5.74) is 1.78. The molecule has 5 rings (SSSR count). The number of benzene rings is 1. The molecule has 4 aliphatic carbocycles. The van der Waals surface area contributed by atoms with Crippen LogP contribution in [0.4, 0.5) is 5.69 Å². The molecule has 98 valence electrons. The van der Waals surface area contributed by atoms with Gasteiger partial charge in [0, 0.05) is 11.2 Å². The predicted octanol–water partition coefficient (Wildman–Crippen LogP) is 4.49. The smallest absolute Gasteiger partial charge is 0.0381 e. The zero-order valence-electron chi connectivity index (χ0n) is 10.8. The third-order valence-corrected chi connectivity index (χ3v) is 5.22. The topological polar surface area (TPSA) is 12.0 Å². The van der Waals surface area contributed by atoms with E-state index in [4.69, 9.17) is 0 Å². The highest BCUT2D eigenvalue weighted by molar-refractivity contribution is 5.85. The first-order valence-electron chi connectivity index (χ1n) is 7.15. The van der Waals surface area contributed by atoms with E-state index in [0.717, 1.165) is 17.8 Å². The molecule has 1 nitrogen and oxygen atoms in total. The maximum absolute atomic E-state index is 3.89. The number of rotatable bonds is 2. The quantitative estimate of drug-likeness (QED) is 0.829. The molecule has 0 radical (unpaired) electrons. The Morgan fingerprint density at radius 3 is 1.83 bits per heavy atom. The second-order valence-electron chi connectivity index (χ2n) is 6.69. The van der Waals surface area contributed by atoms with Crippen molar-refractivity contribution in [2.24, 2.45) is 17.8 Å². The van der Waals surface area contributed by atoms with E-state index in [0.29, 0.717) is 5.54 Å². The molecule has 4 fully saturated rings. The number of nitrogens with one attached hydrogen (secondary N) is 1. The monoisotopic (exact) mass is 263 g/mol. The number of hydrogen-bond donors (Lipinski definition) is 1. The lowest BCUT2D eigenvalue weighted by Gasteiger charge is -2.57. The molecule has 0 aliphatic heterocycles. The summed E-state index contributed by atoms with van der Waals surface area (Å²) in [7, 11) is 0. The zero-order valence-corrected chi connectivity index (χ0v) is 11.6. The Hall–Kier alpha value is -0.690. The lowest BCUT2D eigenvalue weighted by molar-refractivity contribution is 0.0107. The molecule has 1 aromatic rings. The summed E-state index contributed by atoms with van der Waals surface area (Å²) < 4.78 is 0. The van der Waals surface area contributed by atoms with Crippen molar-refractivity contribution < 1.29 is 0 Å². The minimum atomic E-state index is 0. The first kappa shape index (κ1) is 12.3. The molecule has 4 saturated carbocycles. The van der Waals surface area contributed by atoms with Gasteiger partial charge in [-0.25, -0.2) is 0 Å². The molecule has 4 aliphatic rings. The third-order valence-electron chi connectivity index (χ3n) is 5.22. The van der Waals surface area contributed by atoms with Gasteiger partial charge in [-0.05, 0) is 68.4 Å². The van der Waals surface area contributed by atoms with Crippen molar-refractivity contribution >= 4 is 18.1 Å². The van der Waals surface area contributed by atoms with E-state index in [9.17, 15) is 0 Å². The molecule has 1 N–H and O–H groups in total. The molecule has 0 spiro atoms. The van der Waals surface area contributed by atoms with Crippen molar-refractivity contribution in [1.29, 1.82) is 0 Å². The standard InChI is InChI=1S/C16H21N.ClH/c1-2-4-15(5-3-1)17-16-9-12-6-13(10-16)8-14(7-12)11-16;/h1-5,12-14,17H,6-11H2;1H. The molecule has 0 saturated heterocycles. The summed E-state index contributed by atoms with van der Waals surface area (Å²) in [6.45, 7) is 0. The van der Waals surface area contributed by atoms with Crippen molar-refractivity contribution in [2.45, 2.75) is 44.1 Å². The van der Waals surface area contributed by atoms with E-state index in [-0.39, 0.29) is 12.4 Å². The van der Waals surface area contributed by atoms with Gasteiger partial charge >= 0.3 is 0 Å². The Morgan fingerprint density at radius 1 is 0.833 bits per heavy atom. The Balaban J connectivity index is 0.000001000. The fourth-order valence-electron chi connectivity index (χ4n) is 5.09. The van der Waals surface area contributed by atoms with Gasteiger partial charge in [-0.1, -0.05) is 18.2 Å². The Morgan fingerprint density at radius 2 is 1.33 bits per heavy atom. The average molecular weight is 264 g/mol. The summed E-state index contributed by atoms with van der Waals surface area (Å²) in [5.74, 6) is 3.08. The van der Waals surface area contributed by atoms with Crippen LogP contribution in [0.1, 0.15) is 38.5 Å². The highest BCUT2D eigenvalue weighted by Crippen LogP contribution is 2.56. The lowest BCUT2D eigenvalue weighted by Crippen LogP contribution is -2.54. The second kappa shape index (κ2) is 4.45. The second-order valence-corrected chi connectivity index (χ2v) is 6.69. The first-order valence-corrected chi connectivity index (χ1v) is 7.15. The molecule has 4 bridgehead atoms. The SMILES string of the molecule is Cl.c1ccc(NC23CC4CC(CC(C4)C2)C3)cc1. The number of anilines is 1. The molecule has 0 amide bonds. The molecule has 0 atom stereocenters. The van der Waals surface area contributed by atoms with Crippen molar-refractivity contribution in [3.63, 3.8) is 0 Å². The largest absolute Gasteiger partial charge is 0.380 e. The van der Waals surface area contributed by atoms with Crippen LogP contribution in [0.25, 0.3) is 0 Å². The zero-order chi connectivity index (χ0) is 11.3. The van der Waals surface area contributed by atoms with Crippen LogP contribution >= 0.6 is 12.4 Å². The molecular weight excluding hydrogens is 242 g/mol. The van der Waals surface area contributed by atoms with Gasteiger partial charge in [-0.3, -0.25) is 0 Å². The maximum Gasteiger partial charge on any atom is 0.0381 e. The van der Waals surface area contributed by atoms with Gasteiger partial charge in [0.1, 0.15) is 0 Å². The van der Waals surface area contributed by atoms with Gasteiger partial charge in [0.15, 0.2) is 0 Å². The van der Waals surface area contributed by atoms with Crippen LogP contribution in [0.2, 0.25) is 0 Å². The van der Waals surface area contributed by atoms with Crippen LogP contribution in [0.15, 0.2) is 30.3 Å². The Labute approximate surface area is 116 Å². The van der Waals surface area contributed by atoms with Gasteiger partial charge in [-0.15, -0.1) is 12.4 Å². The Bertz CT molecular complexity index is 379. The maximum atomic E-state index is 3.89. The van der Waals surface area contributed by atoms with Crippen LogP contribution in [0.5, 0.6) is 0 Å². The van der Waals surface area contributed by atoms with Gasteiger partial charge < -0.3 is 5.32 Å². The normalized spacial score (nSPS) is 40.3. The number of hydrogen-bond acceptors (Lipinski definition) is 1. The lowest BCUT2D eigenvalue weighted by atomic mass is 9.53. The molecular formula is C16H22ClN. The summed E-state index contributed by atoms with van der Waals surface area (Å²) in [6, 6.07) is 10.8. The number of halogens is 1. The van der Waals surface area contributed by atoms with E-state index in [1.54, 1.807) is 0 Å². The summed E-state index contributed by atoms with van der Waals surface area (Å²) in [5, 5.41) is 3.89. The van der Waals surface area contributed by atoms with Crippen LogP contribution in [-0.2, 0) is 0 Å². The molecule has 0 heterocycles. The molecule has 0 unspecified atom stereocenters. The van der Waals surface area contributed by atoms with Crippen molar-refractivity contribution in [1.82, 2.24) is 0 Å². The summed E-state index contributed by atoms with van der Waals surface area (Å²) >= 11 is 0. The third kappa shape index (κ3) is 2.03. The van der Waals surface area contributed by atoms with Crippen LogP contribution in [0.3, 0.4) is 0 Å². The van der Waals surface area contributed by atoms with E-state index in [2.05, 4.69) is 35.6 Å². The van der Waals surface area contributed by atoms with E-state index in [1.807, 2.05) is 0 Å². The van der Waals surface area contributed by atoms with Gasteiger partial charge in [-0.2, -0.15) is 0 Å². The average Bonchev–Trinajstić information content (AvgIpc) is 2.27. The predicted molar refractivity (Wildman–Crippen MR) is 78.2 cm³/mol. The van der Waals surface area contributed by atoms with Crippen LogP contribution in [0, 0.1) is 17.8 Å². The summed E-state index contributed by atoms with van der Waals surface area (Å²) in [6.07, 6.45) is 8.84. The summed E-state index contributed by atoms with van der Waals surface area (Å²) in [4.78, 5) is 0. The van der Waals surface area contributed by atoms with Crippen molar-refractivity contribution in [3.05, 3.63) is 30.3 Å². The molecule has 2 heteroatoms. The van der Waals surface area contributed by atoms with E-state index < -0.39 is 0 Å². The minimum Gasteiger partial charge on any atom is -0.380 e. The highest BCUT2D eigenvalue weighted by Gasteiger charge is 2.50. The van der Waals surface area contributed by atoms with E-state index in [1.165, 1.54) is 44.2 Å². The van der Waals surface area contributed by atoms with Crippen LogP contribution < -0.4 is 5.32 Å². The minimum absolute atomic E-state index is 0. The van der Waals surface area contributed by atoms with Crippen molar-refractivity contribution in [3.8, 4) is 0 Å². The highest BCUT2D eigenvalue weighted by atomic mass is 35.5. The van der Waals surface area contributed by atoms with E-state index >= 15 is 0 Å². The fraction of sp³-hybridized carbons (Fsp3) is 0.625. The molecule has 0 aromatic heterocycles. The fourth-order valence-corrected chi connectivity index (χ4v) is 5.09. The first-order chi connectivity index (χ1) is 8.31. The molecule has 18 heavy (non-hydrogen) atoms. The van der Waals surface area contributed by atoms with Crippen molar-refractivity contribution in [2.75, 3.05) is 5.32 Å².